The molecule has 1 rings (SSSR count). The van der Waals surface area contributed by atoms with Crippen LogP contribution in [0.1, 0.15) is 44.7 Å². The summed E-state index contributed by atoms with van der Waals surface area (Å²) in [6.45, 7) is 4.33. The predicted octanol–water partition coefficient (Wildman–Crippen LogP) is 4.54. The highest BCUT2D eigenvalue weighted by atomic mass is 35.5. The summed E-state index contributed by atoms with van der Waals surface area (Å²) in [6, 6.07) is 7.43. The molecular formula is C14H18ClNO. The standard InChI is InChI=1S/C14H18ClNO/c1-3-11(4-2)9-14(16-10-17)12-5-7-13(15)8-6-12/h5-8,11,14H,3-4,9H2,1-2H3. The summed E-state index contributed by atoms with van der Waals surface area (Å²) in [4.78, 5) is 14.4. The average Bonchev–Trinajstić information content (AvgIpc) is 2.35. The van der Waals surface area contributed by atoms with Crippen molar-refractivity contribution < 1.29 is 4.79 Å². The van der Waals surface area contributed by atoms with Gasteiger partial charge in [0, 0.05) is 5.02 Å². The van der Waals surface area contributed by atoms with Crippen LogP contribution in [-0.4, -0.2) is 6.08 Å². The van der Waals surface area contributed by atoms with E-state index in [1.165, 1.54) is 0 Å². The van der Waals surface area contributed by atoms with Crippen molar-refractivity contribution in [1.82, 2.24) is 0 Å². The Bertz CT molecular complexity index is 378. The van der Waals surface area contributed by atoms with Crippen molar-refractivity contribution in [2.24, 2.45) is 10.9 Å². The highest BCUT2D eigenvalue weighted by molar-refractivity contribution is 6.30. The molecule has 0 spiro atoms. The third-order valence-corrected chi connectivity index (χ3v) is 3.43. The van der Waals surface area contributed by atoms with Crippen molar-refractivity contribution in [2.45, 2.75) is 39.2 Å². The fraction of sp³-hybridized carbons (Fsp3) is 0.500. The number of hydrogen-bond acceptors (Lipinski definition) is 2. The maximum atomic E-state index is 10.5. The van der Waals surface area contributed by atoms with E-state index < -0.39 is 0 Å². The molecule has 0 aromatic heterocycles. The summed E-state index contributed by atoms with van der Waals surface area (Å²) in [7, 11) is 0. The molecule has 17 heavy (non-hydrogen) atoms. The molecule has 0 aliphatic heterocycles. The topological polar surface area (TPSA) is 29.4 Å². The number of benzene rings is 1. The van der Waals surface area contributed by atoms with Gasteiger partial charge < -0.3 is 0 Å². The number of rotatable bonds is 6. The van der Waals surface area contributed by atoms with Gasteiger partial charge in [0.05, 0.1) is 6.04 Å². The van der Waals surface area contributed by atoms with E-state index in [2.05, 4.69) is 18.8 Å². The average molecular weight is 252 g/mol. The van der Waals surface area contributed by atoms with Crippen molar-refractivity contribution in [3.8, 4) is 0 Å². The van der Waals surface area contributed by atoms with Gasteiger partial charge in [-0.3, -0.25) is 0 Å². The molecule has 1 unspecified atom stereocenters. The van der Waals surface area contributed by atoms with Crippen LogP contribution >= 0.6 is 11.6 Å². The van der Waals surface area contributed by atoms with Gasteiger partial charge in [-0.15, -0.1) is 0 Å². The maximum absolute atomic E-state index is 10.5. The van der Waals surface area contributed by atoms with Crippen molar-refractivity contribution >= 4 is 17.7 Å². The van der Waals surface area contributed by atoms with Crippen LogP contribution in [0.4, 0.5) is 0 Å². The van der Waals surface area contributed by atoms with Crippen LogP contribution in [0.5, 0.6) is 0 Å². The van der Waals surface area contributed by atoms with E-state index in [4.69, 9.17) is 11.6 Å². The van der Waals surface area contributed by atoms with E-state index in [1.54, 1.807) is 6.08 Å². The molecule has 2 nitrogen and oxygen atoms in total. The molecule has 1 aromatic rings. The summed E-state index contributed by atoms with van der Waals surface area (Å²) in [5, 5.41) is 0.699. The summed E-state index contributed by atoms with van der Waals surface area (Å²) in [5.41, 5.74) is 1.03. The zero-order chi connectivity index (χ0) is 12.7. The van der Waals surface area contributed by atoms with E-state index >= 15 is 0 Å². The molecule has 0 heterocycles. The lowest BCUT2D eigenvalue weighted by molar-refractivity contribution is 0.414. The monoisotopic (exact) mass is 251 g/mol. The lowest BCUT2D eigenvalue weighted by Crippen LogP contribution is -2.04. The van der Waals surface area contributed by atoms with Crippen molar-refractivity contribution in [3.63, 3.8) is 0 Å². The van der Waals surface area contributed by atoms with Gasteiger partial charge in [-0.25, -0.2) is 4.79 Å². The minimum Gasteiger partial charge on any atom is -0.211 e. The minimum absolute atomic E-state index is 0.0883. The largest absolute Gasteiger partial charge is 0.235 e. The van der Waals surface area contributed by atoms with Gasteiger partial charge in [0.15, 0.2) is 0 Å². The third kappa shape index (κ3) is 4.33. The van der Waals surface area contributed by atoms with Crippen molar-refractivity contribution in [1.29, 1.82) is 0 Å². The van der Waals surface area contributed by atoms with E-state index in [0.29, 0.717) is 10.9 Å². The minimum atomic E-state index is -0.0883. The van der Waals surface area contributed by atoms with Gasteiger partial charge in [-0.1, -0.05) is 50.4 Å². The van der Waals surface area contributed by atoms with Crippen LogP contribution in [0, 0.1) is 5.92 Å². The van der Waals surface area contributed by atoms with Gasteiger partial charge in [-0.2, -0.15) is 4.99 Å². The molecule has 92 valence electrons. The fourth-order valence-electron chi connectivity index (χ4n) is 1.95. The first kappa shape index (κ1) is 14.0. The van der Waals surface area contributed by atoms with Crippen LogP contribution in [0.2, 0.25) is 5.02 Å². The zero-order valence-electron chi connectivity index (χ0n) is 10.3. The van der Waals surface area contributed by atoms with E-state index in [0.717, 1.165) is 24.8 Å². The SMILES string of the molecule is CCC(CC)CC(N=C=O)c1ccc(Cl)cc1. The second kappa shape index (κ2) is 7.26. The van der Waals surface area contributed by atoms with E-state index in [9.17, 15) is 4.79 Å². The number of hydrogen-bond donors (Lipinski definition) is 0. The molecule has 0 aliphatic rings. The molecule has 0 N–H and O–H groups in total. The molecule has 3 heteroatoms. The highest BCUT2D eigenvalue weighted by Gasteiger charge is 2.15. The predicted molar refractivity (Wildman–Crippen MR) is 71.0 cm³/mol. The summed E-state index contributed by atoms with van der Waals surface area (Å²) in [6.07, 6.45) is 4.78. The van der Waals surface area contributed by atoms with Gasteiger partial charge in [0.2, 0.25) is 6.08 Å². The Balaban J connectivity index is 2.85. The lowest BCUT2D eigenvalue weighted by Gasteiger charge is -2.17. The van der Waals surface area contributed by atoms with E-state index in [-0.39, 0.29) is 6.04 Å². The Hall–Kier alpha value is -1.11. The normalized spacial score (nSPS) is 12.2. The van der Waals surface area contributed by atoms with Crippen LogP contribution in [0.25, 0.3) is 0 Å². The Morgan fingerprint density at radius 2 is 1.82 bits per heavy atom. The molecule has 1 aromatic carbocycles. The summed E-state index contributed by atoms with van der Waals surface area (Å²) < 4.78 is 0. The second-order valence-electron chi connectivity index (χ2n) is 4.21. The maximum Gasteiger partial charge on any atom is 0.235 e. The van der Waals surface area contributed by atoms with Gasteiger partial charge in [0.1, 0.15) is 0 Å². The number of halogens is 1. The molecule has 0 saturated heterocycles. The number of isocyanates is 1. The smallest absolute Gasteiger partial charge is 0.211 e. The molecular weight excluding hydrogens is 234 g/mol. The highest BCUT2D eigenvalue weighted by Crippen LogP contribution is 2.28. The Morgan fingerprint density at radius 1 is 1.24 bits per heavy atom. The second-order valence-corrected chi connectivity index (χ2v) is 4.64. The van der Waals surface area contributed by atoms with Crippen LogP contribution < -0.4 is 0 Å². The van der Waals surface area contributed by atoms with Gasteiger partial charge >= 0.3 is 0 Å². The first-order valence-corrected chi connectivity index (χ1v) is 6.41. The number of carbonyl (C=O) groups excluding carboxylic acids is 1. The van der Waals surface area contributed by atoms with E-state index in [1.807, 2.05) is 24.3 Å². The van der Waals surface area contributed by atoms with Gasteiger partial charge in [-0.05, 0) is 30.0 Å². The molecule has 0 radical (unpaired) electrons. The molecule has 0 aliphatic carbocycles. The zero-order valence-corrected chi connectivity index (χ0v) is 11.1. The quantitative estimate of drug-likeness (QED) is 0.539. The Morgan fingerprint density at radius 3 is 2.29 bits per heavy atom. The first-order valence-electron chi connectivity index (χ1n) is 6.03. The Kier molecular flexibility index (Phi) is 5.96. The first-order chi connectivity index (χ1) is 8.21. The number of aliphatic imine (C=N–C) groups is 1. The third-order valence-electron chi connectivity index (χ3n) is 3.17. The van der Waals surface area contributed by atoms with Crippen LogP contribution in [0.3, 0.4) is 0 Å². The molecule has 0 saturated carbocycles. The summed E-state index contributed by atoms with van der Waals surface area (Å²) in [5.74, 6) is 0.591. The molecule has 1 atom stereocenters. The van der Waals surface area contributed by atoms with Gasteiger partial charge in [0.25, 0.3) is 0 Å². The molecule has 0 bridgehead atoms. The van der Waals surface area contributed by atoms with Crippen LogP contribution in [-0.2, 0) is 4.79 Å². The van der Waals surface area contributed by atoms with Crippen molar-refractivity contribution in [3.05, 3.63) is 34.9 Å². The Labute approximate surface area is 108 Å². The number of nitrogens with zero attached hydrogens (tertiary/aromatic N) is 1. The summed E-state index contributed by atoms with van der Waals surface area (Å²) >= 11 is 5.85. The molecule has 0 amide bonds. The molecule has 0 fully saturated rings. The van der Waals surface area contributed by atoms with Crippen LogP contribution in [0.15, 0.2) is 29.3 Å². The fourth-order valence-corrected chi connectivity index (χ4v) is 2.08. The van der Waals surface area contributed by atoms with Crippen molar-refractivity contribution in [2.75, 3.05) is 0 Å². The lowest BCUT2D eigenvalue weighted by atomic mass is 9.91.